The van der Waals surface area contributed by atoms with Gasteiger partial charge < -0.3 is 14.8 Å². The zero-order valence-electron chi connectivity index (χ0n) is 18.7. The highest BCUT2D eigenvalue weighted by atomic mass is 16.5. The summed E-state index contributed by atoms with van der Waals surface area (Å²) in [4.78, 5) is 38.0. The molecule has 3 aromatic carbocycles. The molecule has 0 aromatic heterocycles. The van der Waals surface area contributed by atoms with Crippen molar-refractivity contribution in [2.75, 3.05) is 11.9 Å². The quantitative estimate of drug-likeness (QED) is 0.339. The van der Waals surface area contributed by atoms with Crippen LogP contribution in [0.5, 0.6) is 5.75 Å². The highest BCUT2D eigenvalue weighted by molar-refractivity contribution is 5.99. The van der Waals surface area contributed by atoms with E-state index < -0.39 is 18.0 Å². The third-order valence-corrected chi connectivity index (χ3v) is 4.96. The number of Topliss-reactive ketones (excluding diaryl/α,β-unsaturated/α-hetero) is 1. The minimum atomic E-state index is -1.16. The van der Waals surface area contributed by atoms with Gasteiger partial charge in [0.15, 0.2) is 5.78 Å². The van der Waals surface area contributed by atoms with Gasteiger partial charge in [0, 0.05) is 17.5 Å². The number of hydrogen-bond acceptors (Lipinski definition) is 5. The van der Waals surface area contributed by atoms with E-state index in [9.17, 15) is 14.4 Å². The van der Waals surface area contributed by atoms with Crippen LogP contribution in [0, 0.1) is 6.92 Å². The number of esters is 1. The molecule has 0 fully saturated rings. The summed E-state index contributed by atoms with van der Waals surface area (Å²) in [6, 6.07) is 23.0. The van der Waals surface area contributed by atoms with Crippen LogP contribution in [0.3, 0.4) is 0 Å². The lowest BCUT2D eigenvalue weighted by Gasteiger charge is -2.19. The first-order valence-electron chi connectivity index (χ1n) is 10.8. The molecule has 1 unspecified atom stereocenters. The number of ketones is 1. The molecule has 3 aromatic rings. The lowest BCUT2D eigenvalue weighted by atomic mass is 10.1. The van der Waals surface area contributed by atoms with Gasteiger partial charge >= 0.3 is 5.97 Å². The van der Waals surface area contributed by atoms with Gasteiger partial charge in [-0.15, -0.1) is 0 Å². The topological polar surface area (TPSA) is 81.7 Å². The predicted molar refractivity (Wildman–Crippen MR) is 126 cm³/mol. The van der Waals surface area contributed by atoms with E-state index in [2.05, 4.69) is 5.32 Å². The Bertz CT molecular complexity index is 1090. The van der Waals surface area contributed by atoms with E-state index in [1.165, 1.54) is 0 Å². The Morgan fingerprint density at radius 2 is 1.52 bits per heavy atom. The zero-order valence-corrected chi connectivity index (χ0v) is 18.7. The lowest BCUT2D eigenvalue weighted by molar-refractivity contribution is -0.154. The first-order chi connectivity index (χ1) is 16.0. The van der Waals surface area contributed by atoms with Gasteiger partial charge in [-0.25, -0.2) is 0 Å². The molecule has 6 heteroatoms. The van der Waals surface area contributed by atoms with Crippen LogP contribution >= 0.6 is 0 Å². The fourth-order valence-corrected chi connectivity index (χ4v) is 3.24. The van der Waals surface area contributed by atoms with Crippen molar-refractivity contribution >= 4 is 23.3 Å². The molecule has 1 atom stereocenters. The van der Waals surface area contributed by atoms with Crippen LogP contribution in [0.1, 0.15) is 47.4 Å². The monoisotopic (exact) mass is 445 g/mol. The van der Waals surface area contributed by atoms with Gasteiger partial charge in [0.2, 0.25) is 6.10 Å². The number of aryl methyl sites for hydroxylation is 1. The lowest BCUT2D eigenvalue weighted by Crippen LogP contribution is -2.26. The molecule has 0 spiro atoms. The number of anilines is 1. The molecule has 0 bridgehead atoms. The predicted octanol–water partition coefficient (Wildman–Crippen LogP) is 5.28. The largest absolute Gasteiger partial charge is 0.492 e. The van der Waals surface area contributed by atoms with Crippen molar-refractivity contribution in [2.24, 2.45) is 0 Å². The van der Waals surface area contributed by atoms with Crippen molar-refractivity contribution in [3.05, 3.63) is 95.6 Å². The van der Waals surface area contributed by atoms with Crippen LogP contribution in [0.25, 0.3) is 0 Å². The molecule has 33 heavy (non-hydrogen) atoms. The highest BCUT2D eigenvalue weighted by Gasteiger charge is 2.26. The number of amides is 1. The number of carbonyl (C=O) groups excluding carboxylic acids is 3. The van der Waals surface area contributed by atoms with Gasteiger partial charge in [-0.2, -0.15) is 0 Å². The molecule has 3 rings (SSSR count). The Labute approximate surface area is 193 Å². The fourth-order valence-electron chi connectivity index (χ4n) is 3.24. The summed E-state index contributed by atoms with van der Waals surface area (Å²) in [7, 11) is 0. The van der Waals surface area contributed by atoms with Crippen molar-refractivity contribution in [2.45, 2.75) is 32.8 Å². The maximum Gasteiger partial charge on any atom is 0.307 e. The minimum absolute atomic E-state index is 0.00179. The molecule has 0 aliphatic carbocycles. The van der Waals surface area contributed by atoms with Crippen LogP contribution in [0.4, 0.5) is 5.69 Å². The van der Waals surface area contributed by atoms with Gasteiger partial charge in [0.05, 0.1) is 18.7 Å². The molecule has 170 valence electrons. The second kappa shape index (κ2) is 11.6. The van der Waals surface area contributed by atoms with E-state index in [0.717, 1.165) is 5.56 Å². The first-order valence-corrected chi connectivity index (χ1v) is 10.8. The van der Waals surface area contributed by atoms with Crippen LogP contribution in [0.15, 0.2) is 78.9 Å². The Hall–Kier alpha value is -3.93. The first kappa shape index (κ1) is 23.7. The summed E-state index contributed by atoms with van der Waals surface area (Å²) < 4.78 is 11.1. The summed E-state index contributed by atoms with van der Waals surface area (Å²) in [5.74, 6) is -0.766. The smallest absolute Gasteiger partial charge is 0.307 e. The Balaban J connectivity index is 1.69. The summed E-state index contributed by atoms with van der Waals surface area (Å²) in [6.45, 7) is 4.23. The number of benzene rings is 3. The molecule has 6 nitrogen and oxygen atoms in total. The van der Waals surface area contributed by atoms with E-state index >= 15 is 0 Å². The van der Waals surface area contributed by atoms with Crippen molar-refractivity contribution in [3.63, 3.8) is 0 Å². The van der Waals surface area contributed by atoms with Crippen LogP contribution in [-0.2, 0) is 14.3 Å². The summed E-state index contributed by atoms with van der Waals surface area (Å²) >= 11 is 0. The summed E-state index contributed by atoms with van der Waals surface area (Å²) in [5.41, 5.74) is 2.60. The molecular formula is C27H27NO5. The van der Waals surface area contributed by atoms with Crippen LogP contribution < -0.4 is 10.1 Å². The fraction of sp³-hybridized carbons (Fsp3) is 0.222. The average molecular weight is 446 g/mol. The molecular weight excluding hydrogens is 418 g/mol. The van der Waals surface area contributed by atoms with Gasteiger partial charge in [-0.05, 0) is 26.0 Å². The third kappa shape index (κ3) is 6.77. The number of ether oxygens (including phenoxy) is 2. The van der Waals surface area contributed by atoms with Crippen LogP contribution in [0.2, 0.25) is 0 Å². The number of rotatable bonds is 10. The summed E-state index contributed by atoms with van der Waals surface area (Å²) in [5, 5.41) is 2.79. The average Bonchev–Trinajstić information content (AvgIpc) is 2.83. The summed E-state index contributed by atoms with van der Waals surface area (Å²) in [6.07, 6.45) is -1.29. The maximum atomic E-state index is 13.1. The van der Waals surface area contributed by atoms with Crippen molar-refractivity contribution in [1.29, 1.82) is 0 Å². The van der Waals surface area contributed by atoms with Gasteiger partial charge in [-0.1, -0.05) is 72.3 Å². The molecule has 0 aliphatic rings. The van der Waals surface area contributed by atoms with E-state index in [1.54, 1.807) is 60.7 Å². The van der Waals surface area contributed by atoms with Gasteiger partial charge in [-0.3, -0.25) is 14.4 Å². The van der Waals surface area contributed by atoms with Gasteiger partial charge in [0.1, 0.15) is 5.75 Å². The molecule has 0 saturated carbocycles. The third-order valence-electron chi connectivity index (χ3n) is 4.96. The van der Waals surface area contributed by atoms with Gasteiger partial charge in [0.25, 0.3) is 5.91 Å². The molecule has 1 amide bonds. The standard InChI is InChI=1S/C27H27NO5/c1-3-32-24-12-8-7-11-22(24)28-27(31)26(21-9-5-4-6-10-21)33-25(30)18-17-23(29)20-15-13-19(2)14-16-20/h4-16,26H,3,17-18H2,1-2H3,(H,28,31). The van der Waals surface area contributed by atoms with E-state index in [-0.39, 0.29) is 18.6 Å². The molecule has 0 heterocycles. The van der Waals surface area contributed by atoms with E-state index in [4.69, 9.17) is 9.47 Å². The Morgan fingerprint density at radius 1 is 0.848 bits per heavy atom. The van der Waals surface area contributed by atoms with Crippen molar-refractivity contribution in [1.82, 2.24) is 0 Å². The maximum absolute atomic E-state index is 13.1. The second-order valence-electron chi connectivity index (χ2n) is 7.49. The number of carbonyl (C=O) groups is 3. The zero-order chi connectivity index (χ0) is 23.6. The molecule has 0 aliphatic heterocycles. The number of nitrogens with one attached hydrogen (secondary N) is 1. The normalized spacial score (nSPS) is 11.3. The van der Waals surface area contributed by atoms with Crippen molar-refractivity contribution < 1.29 is 23.9 Å². The highest BCUT2D eigenvalue weighted by Crippen LogP contribution is 2.27. The number of para-hydroxylation sites is 2. The van der Waals surface area contributed by atoms with Crippen LogP contribution in [-0.4, -0.2) is 24.3 Å². The number of hydrogen-bond donors (Lipinski definition) is 1. The Kier molecular flexibility index (Phi) is 8.36. The second-order valence-corrected chi connectivity index (χ2v) is 7.49. The molecule has 0 saturated heterocycles. The molecule has 0 radical (unpaired) electrons. The SMILES string of the molecule is CCOc1ccccc1NC(=O)C(OC(=O)CCC(=O)c1ccc(C)cc1)c1ccccc1. The molecule has 1 N–H and O–H groups in total. The minimum Gasteiger partial charge on any atom is -0.492 e. The van der Waals surface area contributed by atoms with E-state index in [0.29, 0.717) is 29.2 Å². The van der Waals surface area contributed by atoms with Crippen molar-refractivity contribution in [3.8, 4) is 5.75 Å². The van der Waals surface area contributed by atoms with E-state index in [1.807, 2.05) is 32.0 Å². The Morgan fingerprint density at radius 3 is 2.21 bits per heavy atom.